The van der Waals surface area contributed by atoms with Crippen LogP contribution in [-0.4, -0.2) is 37.7 Å². The van der Waals surface area contributed by atoms with E-state index >= 15 is 0 Å². The number of nitrogens with zero attached hydrogens (tertiary/aromatic N) is 1. The van der Waals surface area contributed by atoms with E-state index < -0.39 is 0 Å². The monoisotopic (exact) mass is 303 g/mol. The molecule has 0 fully saturated rings. The van der Waals surface area contributed by atoms with Crippen molar-refractivity contribution in [1.82, 2.24) is 4.90 Å². The van der Waals surface area contributed by atoms with Crippen LogP contribution in [0.3, 0.4) is 0 Å². The summed E-state index contributed by atoms with van der Waals surface area (Å²) in [5.41, 5.74) is 2.49. The van der Waals surface area contributed by atoms with Crippen LogP contribution in [0.1, 0.15) is 36.2 Å². The molecule has 0 radical (unpaired) electrons. The van der Waals surface area contributed by atoms with Gasteiger partial charge in [0, 0.05) is 26.8 Å². The van der Waals surface area contributed by atoms with Gasteiger partial charge < -0.3 is 14.2 Å². The third-order valence-corrected chi connectivity index (χ3v) is 3.93. The van der Waals surface area contributed by atoms with Gasteiger partial charge in [-0.05, 0) is 38.0 Å². The first-order chi connectivity index (χ1) is 10.6. The molecule has 0 N–H and O–H groups in total. The zero-order chi connectivity index (χ0) is 15.7. The van der Waals surface area contributed by atoms with Crippen molar-refractivity contribution in [3.8, 4) is 11.5 Å². The maximum absolute atomic E-state index is 12.4. The molecule has 5 nitrogen and oxygen atoms in total. The average Bonchev–Trinajstić information content (AvgIpc) is 2.85. The van der Waals surface area contributed by atoms with Crippen molar-refractivity contribution in [1.29, 1.82) is 0 Å². The van der Waals surface area contributed by atoms with Crippen molar-refractivity contribution in [3.05, 3.63) is 34.6 Å². The van der Waals surface area contributed by atoms with Gasteiger partial charge >= 0.3 is 0 Å². The number of methoxy groups -OCH3 is 1. The summed E-state index contributed by atoms with van der Waals surface area (Å²) in [5, 5.41) is 0. The normalized spacial score (nSPS) is 16.9. The zero-order valence-electron chi connectivity index (χ0n) is 13.3. The summed E-state index contributed by atoms with van der Waals surface area (Å²) in [4.78, 5) is 14.6. The number of ether oxygens (including phenoxy) is 3. The molecule has 0 amide bonds. The Balaban J connectivity index is 1.86. The molecule has 2 heterocycles. The van der Waals surface area contributed by atoms with E-state index in [1.807, 2.05) is 19.9 Å². The molecule has 1 aromatic carbocycles. The molecule has 0 aromatic heterocycles. The summed E-state index contributed by atoms with van der Waals surface area (Å²) in [7, 11) is 1.70. The highest BCUT2D eigenvalue weighted by molar-refractivity contribution is 6.13. The van der Waals surface area contributed by atoms with Crippen molar-refractivity contribution in [2.75, 3.05) is 27.0 Å². The number of carbonyl (C=O) groups excluding carboxylic acids is 1. The molecular weight excluding hydrogens is 282 g/mol. The molecule has 0 saturated carbocycles. The number of ketones is 1. The maximum atomic E-state index is 12.4. The lowest BCUT2D eigenvalue weighted by Crippen LogP contribution is -2.33. The predicted octanol–water partition coefficient (Wildman–Crippen LogP) is 2.74. The Morgan fingerprint density at radius 2 is 2.18 bits per heavy atom. The van der Waals surface area contributed by atoms with E-state index in [0.29, 0.717) is 23.8 Å². The summed E-state index contributed by atoms with van der Waals surface area (Å²) in [5.74, 6) is 1.88. The number of fused-ring (bicyclic) bond motifs is 3. The van der Waals surface area contributed by atoms with Gasteiger partial charge in [0.15, 0.2) is 5.76 Å². The van der Waals surface area contributed by atoms with Gasteiger partial charge in [-0.3, -0.25) is 9.69 Å². The van der Waals surface area contributed by atoms with Gasteiger partial charge in [-0.1, -0.05) is 0 Å². The van der Waals surface area contributed by atoms with Gasteiger partial charge in [0.25, 0.3) is 0 Å². The molecule has 2 aliphatic rings. The Labute approximate surface area is 130 Å². The highest BCUT2D eigenvalue weighted by atomic mass is 16.5. The topological polar surface area (TPSA) is 48.0 Å². The third kappa shape index (κ3) is 2.62. The Kier molecular flexibility index (Phi) is 4.18. The lowest BCUT2D eigenvalue weighted by atomic mass is 10.0. The van der Waals surface area contributed by atoms with E-state index in [-0.39, 0.29) is 5.78 Å². The van der Waals surface area contributed by atoms with E-state index in [0.717, 1.165) is 43.0 Å². The van der Waals surface area contributed by atoms with Gasteiger partial charge in [-0.2, -0.15) is 0 Å². The highest BCUT2D eigenvalue weighted by Gasteiger charge is 2.33. The average molecular weight is 303 g/mol. The molecule has 0 saturated heterocycles. The molecule has 0 unspecified atom stereocenters. The standard InChI is InChI=1S/C17H21NO4/c1-11(2)16-15(19)12-5-6-14-13(17(12)22-16)9-18(10-21-14)7-4-8-20-3/h5-6H,4,7-10H2,1-3H3. The van der Waals surface area contributed by atoms with E-state index in [4.69, 9.17) is 14.2 Å². The first kappa shape index (κ1) is 15.1. The summed E-state index contributed by atoms with van der Waals surface area (Å²) >= 11 is 0. The first-order valence-corrected chi connectivity index (χ1v) is 7.52. The Morgan fingerprint density at radius 1 is 1.36 bits per heavy atom. The van der Waals surface area contributed by atoms with Crippen LogP contribution < -0.4 is 9.47 Å². The van der Waals surface area contributed by atoms with Crippen molar-refractivity contribution in [2.45, 2.75) is 26.8 Å². The minimum Gasteiger partial charge on any atom is -0.478 e. The molecule has 2 aliphatic heterocycles. The second-order valence-electron chi connectivity index (χ2n) is 5.85. The minimum absolute atomic E-state index is 0.0330. The van der Waals surface area contributed by atoms with E-state index in [1.54, 1.807) is 13.2 Å². The lowest BCUT2D eigenvalue weighted by molar-refractivity contribution is 0.0823. The number of allylic oxidation sites excluding steroid dienone is 2. The summed E-state index contributed by atoms with van der Waals surface area (Å²) in [6.07, 6.45) is 0.948. The zero-order valence-corrected chi connectivity index (χ0v) is 13.3. The summed E-state index contributed by atoms with van der Waals surface area (Å²) in [6.45, 7) is 6.68. The summed E-state index contributed by atoms with van der Waals surface area (Å²) < 4.78 is 16.7. The largest absolute Gasteiger partial charge is 0.478 e. The van der Waals surface area contributed by atoms with Crippen LogP contribution in [0.2, 0.25) is 0 Å². The molecule has 22 heavy (non-hydrogen) atoms. The number of hydrogen-bond acceptors (Lipinski definition) is 5. The number of rotatable bonds is 4. The first-order valence-electron chi connectivity index (χ1n) is 7.52. The lowest BCUT2D eigenvalue weighted by Gasteiger charge is -2.29. The van der Waals surface area contributed by atoms with E-state index in [9.17, 15) is 4.79 Å². The molecule has 3 rings (SSSR count). The van der Waals surface area contributed by atoms with Crippen molar-refractivity contribution >= 4 is 5.78 Å². The minimum atomic E-state index is -0.0330. The van der Waals surface area contributed by atoms with Crippen LogP contribution in [0.4, 0.5) is 0 Å². The van der Waals surface area contributed by atoms with Gasteiger partial charge in [-0.25, -0.2) is 0 Å². The van der Waals surface area contributed by atoms with Gasteiger partial charge in [0.05, 0.1) is 11.1 Å². The maximum Gasteiger partial charge on any atom is 0.231 e. The van der Waals surface area contributed by atoms with E-state index in [2.05, 4.69) is 4.90 Å². The molecule has 5 heteroatoms. The number of hydrogen-bond donors (Lipinski definition) is 0. The molecule has 1 aromatic rings. The number of Topliss-reactive ketones (excluding diaryl/α,β-unsaturated/α-hetero) is 1. The second-order valence-corrected chi connectivity index (χ2v) is 5.85. The molecule has 0 atom stereocenters. The predicted molar refractivity (Wildman–Crippen MR) is 82.2 cm³/mol. The highest BCUT2D eigenvalue weighted by Crippen LogP contribution is 2.42. The second kappa shape index (κ2) is 6.10. The fraction of sp³-hybridized carbons (Fsp3) is 0.471. The van der Waals surface area contributed by atoms with Crippen molar-refractivity contribution < 1.29 is 19.0 Å². The van der Waals surface area contributed by atoms with Gasteiger partial charge in [-0.15, -0.1) is 0 Å². The van der Waals surface area contributed by atoms with Crippen molar-refractivity contribution in [3.63, 3.8) is 0 Å². The number of carbonyl (C=O) groups is 1. The van der Waals surface area contributed by atoms with Crippen molar-refractivity contribution in [2.24, 2.45) is 0 Å². The SMILES string of the molecule is COCCCN1COc2ccc3c(c2C1)OC(=C(C)C)C3=O. The smallest absolute Gasteiger partial charge is 0.231 e. The molecule has 118 valence electrons. The van der Waals surface area contributed by atoms with E-state index in [1.165, 1.54) is 0 Å². The Hall–Kier alpha value is -1.85. The van der Waals surface area contributed by atoms with Crippen LogP contribution in [0.5, 0.6) is 11.5 Å². The molecule has 0 aliphatic carbocycles. The van der Waals surface area contributed by atoms with Crippen LogP contribution in [0.25, 0.3) is 0 Å². The molecular formula is C17H21NO4. The van der Waals surface area contributed by atoms with Crippen LogP contribution in [0, 0.1) is 0 Å². The molecule has 0 spiro atoms. The van der Waals surface area contributed by atoms with Crippen LogP contribution >= 0.6 is 0 Å². The molecule has 0 bridgehead atoms. The van der Waals surface area contributed by atoms with Crippen LogP contribution in [-0.2, 0) is 11.3 Å². The number of benzene rings is 1. The van der Waals surface area contributed by atoms with Gasteiger partial charge in [0.2, 0.25) is 5.78 Å². The van der Waals surface area contributed by atoms with Gasteiger partial charge in [0.1, 0.15) is 18.2 Å². The fourth-order valence-corrected chi connectivity index (χ4v) is 2.80. The third-order valence-electron chi connectivity index (χ3n) is 3.93. The summed E-state index contributed by atoms with van der Waals surface area (Å²) in [6, 6.07) is 3.67. The quantitative estimate of drug-likeness (QED) is 0.632. The van der Waals surface area contributed by atoms with Crippen LogP contribution in [0.15, 0.2) is 23.5 Å². The fourth-order valence-electron chi connectivity index (χ4n) is 2.80. The Bertz CT molecular complexity index is 632. The Morgan fingerprint density at radius 3 is 2.91 bits per heavy atom.